The summed E-state index contributed by atoms with van der Waals surface area (Å²) in [5.41, 5.74) is 6.09. The van der Waals surface area contributed by atoms with Crippen LogP contribution >= 0.6 is 0 Å². The molecule has 20 heavy (non-hydrogen) atoms. The second-order valence-corrected chi connectivity index (χ2v) is 6.96. The molecule has 0 aromatic carbocycles. The molecule has 2 fully saturated rings. The number of rotatable bonds is 6. The first-order chi connectivity index (χ1) is 9.65. The summed E-state index contributed by atoms with van der Waals surface area (Å²) in [6.45, 7) is 9.71. The molecular weight excluding hydrogens is 250 g/mol. The zero-order valence-electron chi connectivity index (χ0n) is 13.3. The van der Waals surface area contributed by atoms with E-state index in [1.54, 1.807) is 0 Å². The molecule has 1 aliphatic carbocycles. The quantitative estimate of drug-likeness (QED) is 0.777. The molecule has 118 valence electrons. The van der Waals surface area contributed by atoms with Gasteiger partial charge in [0, 0.05) is 37.8 Å². The predicted molar refractivity (Wildman–Crippen MR) is 83.9 cm³/mol. The Hall–Kier alpha value is -0.160. The lowest BCUT2D eigenvalue weighted by Gasteiger charge is -2.37. The number of hydrogen-bond acceptors (Lipinski definition) is 4. The maximum absolute atomic E-state index is 6.09. The van der Waals surface area contributed by atoms with E-state index < -0.39 is 0 Å². The Morgan fingerprint density at radius 2 is 2.00 bits per heavy atom. The molecule has 0 amide bonds. The molecule has 1 aliphatic heterocycles. The van der Waals surface area contributed by atoms with Crippen LogP contribution in [-0.4, -0.2) is 55.9 Å². The molecule has 0 radical (unpaired) electrons. The molecule has 1 saturated heterocycles. The minimum atomic E-state index is 0.410. The first-order valence-electron chi connectivity index (χ1n) is 8.46. The zero-order chi connectivity index (χ0) is 14.4. The fraction of sp³-hybridized carbons (Fsp3) is 1.00. The van der Waals surface area contributed by atoms with Crippen LogP contribution in [0.5, 0.6) is 0 Å². The van der Waals surface area contributed by atoms with Crippen LogP contribution in [0.15, 0.2) is 0 Å². The SMILES string of the molecule is CC(C)CC(CNC1CCCC(N)C1)N1CCOCC1. The third-order valence-corrected chi connectivity index (χ3v) is 4.66. The molecular formula is C16H33N3O. The minimum absolute atomic E-state index is 0.410. The molecule has 0 spiro atoms. The van der Waals surface area contributed by atoms with Gasteiger partial charge in [0.2, 0.25) is 0 Å². The van der Waals surface area contributed by atoms with Crippen LogP contribution in [0.25, 0.3) is 0 Å². The summed E-state index contributed by atoms with van der Waals surface area (Å²) >= 11 is 0. The predicted octanol–water partition coefficient (Wildman–Crippen LogP) is 1.59. The van der Waals surface area contributed by atoms with Crippen molar-refractivity contribution in [2.45, 2.75) is 64.1 Å². The molecule has 3 N–H and O–H groups in total. The molecule has 2 aliphatic rings. The third kappa shape index (κ3) is 5.32. The van der Waals surface area contributed by atoms with E-state index in [4.69, 9.17) is 10.5 Å². The first kappa shape index (κ1) is 16.2. The highest BCUT2D eigenvalue weighted by Gasteiger charge is 2.24. The molecule has 3 atom stereocenters. The topological polar surface area (TPSA) is 50.5 Å². The van der Waals surface area contributed by atoms with E-state index >= 15 is 0 Å². The molecule has 1 heterocycles. The summed E-state index contributed by atoms with van der Waals surface area (Å²) < 4.78 is 5.48. The Kier molecular flexibility index (Phi) is 6.75. The van der Waals surface area contributed by atoms with Gasteiger partial charge >= 0.3 is 0 Å². The van der Waals surface area contributed by atoms with E-state index in [9.17, 15) is 0 Å². The maximum Gasteiger partial charge on any atom is 0.0594 e. The van der Waals surface area contributed by atoms with Crippen molar-refractivity contribution in [3.63, 3.8) is 0 Å². The summed E-state index contributed by atoms with van der Waals surface area (Å²) in [6, 6.07) is 1.69. The summed E-state index contributed by atoms with van der Waals surface area (Å²) in [5.74, 6) is 0.748. The van der Waals surface area contributed by atoms with Crippen LogP contribution in [0.2, 0.25) is 0 Å². The van der Waals surface area contributed by atoms with Gasteiger partial charge in [0.05, 0.1) is 13.2 Å². The van der Waals surface area contributed by atoms with Gasteiger partial charge < -0.3 is 15.8 Å². The Labute approximate surface area is 124 Å². The van der Waals surface area contributed by atoms with E-state index in [1.807, 2.05) is 0 Å². The molecule has 2 rings (SSSR count). The van der Waals surface area contributed by atoms with Gasteiger partial charge in [-0.3, -0.25) is 4.90 Å². The fourth-order valence-electron chi connectivity index (χ4n) is 3.56. The number of ether oxygens (including phenoxy) is 1. The Bertz CT molecular complexity index is 266. The van der Waals surface area contributed by atoms with Crippen LogP contribution in [0.3, 0.4) is 0 Å². The molecule has 3 unspecified atom stereocenters. The van der Waals surface area contributed by atoms with Gasteiger partial charge in [0.15, 0.2) is 0 Å². The normalized spacial score (nSPS) is 30.6. The Morgan fingerprint density at radius 3 is 2.65 bits per heavy atom. The number of nitrogens with zero attached hydrogens (tertiary/aromatic N) is 1. The second kappa shape index (κ2) is 8.32. The van der Waals surface area contributed by atoms with Gasteiger partial charge in [-0.2, -0.15) is 0 Å². The standard InChI is InChI=1S/C16H33N3O/c1-13(2)10-16(19-6-8-20-9-7-19)12-18-15-5-3-4-14(17)11-15/h13-16,18H,3-12,17H2,1-2H3. The van der Waals surface area contributed by atoms with Crippen molar-refractivity contribution < 1.29 is 4.74 Å². The molecule has 0 aromatic rings. The van der Waals surface area contributed by atoms with Gasteiger partial charge in [0.1, 0.15) is 0 Å². The molecule has 4 nitrogen and oxygen atoms in total. The van der Waals surface area contributed by atoms with Crippen LogP contribution < -0.4 is 11.1 Å². The van der Waals surface area contributed by atoms with Crippen LogP contribution in [0, 0.1) is 5.92 Å². The Balaban J connectivity index is 1.80. The molecule has 4 heteroatoms. The van der Waals surface area contributed by atoms with Crippen molar-refractivity contribution in [1.82, 2.24) is 10.2 Å². The van der Waals surface area contributed by atoms with Crippen molar-refractivity contribution in [3.05, 3.63) is 0 Å². The minimum Gasteiger partial charge on any atom is -0.379 e. The summed E-state index contributed by atoms with van der Waals surface area (Å²) in [6.07, 6.45) is 6.21. The second-order valence-electron chi connectivity index (χ2n) is 6.96. The number of nitrogens with two attached hydrogens (primary N) is 1. The lowest BCUT2D eigenvalue weighted by Crippen LogP contribution is -2.51. The van der Waals surface area contributed by atoms with Crippen molar-refractivity contribution in [1.29, 1.82) is 0 Å². The lowest BCUT2D eigenvalue weighted by atomic mass is 9.91. The van der Waals surface area contributed by atoms with E-state index in [1.165, 1.54) is 25.7 Å². The lowest BCUT2D eigenvalue weighted by molar-refractivity contribution is 0.0115. The number of morpholine rings is 1. The smallest absolute Gasteiger partial charge is 0.0594 e. The van der Waals surface area contributed by atoms with Gasteiger partial charge in [0.25, 0.3) is 0 Å². The third-order valence-electron chi connectivity index (χ3n) is 4.66. The summed E-state index contributed by atoms with van der Waals surface area (Å²) in [7, 11) is 0. The molecule has 0 aromatic heterocycles. The Morgan fingerprint density at radius 1 is 1.25 bits per heavy atom. The first-order valence-corrected chi connectivity index (χ1v) is 8.46. The maximum atomic E-state index is 6.09. The number of nitrogens with one attached hydrogen (secondary N) is 1. The van der Waals surface area contributed by atoms with E-state index in [0.29, 0.717) is 18.1 Å². The van der Waals surface area contributed by atoms with E-state index in [2.05, 4.69) is 24.1 Å². The van der Waals surface area contributed by atoms with Crippen molar-refractivity contribution in [2.24, 2.45) is 11.7 Å². The van der Waals surface area contributed by atoms with Crippen LogP contribution in [0.4, 0.5) is 0 Å². The van der Waals surface area contributed by atoms with E-state index in [0.717, 1.165) is 45.2 Å². The average Bonchev–Trinajstić information content (AvgIpc) is 2.44. The van der Waals surface area contributed by atoms with Crippen LogP contribution in [0.1, 0.15) is 46.0 Å². The van der Waals surface area contributed by atoms with Crippen molar-refractivity contribution in [2.75, 3.05) is 32.8 Å². The van der Waals surface area contributed by atoms with E-state index in [-0.39, 0.29) is 0 Å². The van der Waals surface area contributed by atoms with Crippen molar-refractivity contribution in [3.8, 4) is 0 Å². The summed E-state index contributed by atoms with van der Waals surface area (Å²) in [5, 5.41) is 3.79. The average molecular weight is 283 g/mol. The highest BCUT2D eigenvalue weighted by atomic mass is 16.5. The highest BCUT2D eigenvalue weighted by molar-refractivity contribution is 4.83. The zero-order valence-corrected chi connectivity index (χ0v) is 13.3. The largest absolute Gasteiger partial charge is 0.379 e. The van der Waals surface area contributed by atoms with Gasteiger partial charge in [-0.15, -0.1) is 0 Å². The van der Waals surface area contributed by atoms with Gasteiger partial charge in [-0.1, -0.05) is 20.3 Å². The van der Waals surface area contributed by atoms with Crippen LogP contribution in [-0.2, 0) is 4.74 Å². The van der Waals surface area contributed by atoms with Crippen molar-refractivity contribution >= 4 is 0 Å². The monoisotopic (exact) mass is 283 g/mol. The summed E-state index contributed by atoms with van der Waals surface area (Å²) in [4.78, 5) is 2.61. The molecule has 0 bridgehead atoms. The fourth-order valence-corrected chi connectivity index (χ4v) is 3.56. The van der Waals surface area contributed by atoms with Gasteiger partial charge in [-0.05, 0) is 31.6 Å². The number of hydrogen-bond donors (Lipinski definition) is 2. The molecule has 1 saturated carbocycles. The van der Waals surface area contributed by atoms with Gasteiger partial charge in [-0.25, -0.2) is 0 Å². The highest BCUT2D eigenvalue weighted by Crippen LogP contribution is 2.18.